The van der Waals surface area contributed by atoms with E-state index >= 15 is 0 Å². The molecule has 0 aliphatic carbocycles. The maximum Gasteiger partial charge on any atom is 0.266 e. The van der Waals surface area contributed by atoms with Crippen molar-refractivity contribution in [2.75, 3.05) is 12.3 Å². The monoisotopic (exact) mass is 419 g/mol. The summed E-state index contributed by atoms with van der Waals surface area (Å²) < 4.78 is 30.5. The summed E-state index contributed by atoms with van der Waals surface area (Å²) in [6.07, 6.45) is 0.525. The van der Waals surface area contributed by atoms with Gasteiger partial charge in [-0.3, -0.25) is 14.1 Å². The highest BCUT2D eigenvalue weighted by atomic mass is 32.2. The number of benzene rings is 2. The van der Waals surface area contributed by atoms with Gasteiger partial charge in [0.2, 0.25) is 11.8 Å². The first kappa shape index (κ1) is 22.5. The minimum atomic E-state index is -4.20. The Labute approximate surface area is 170 Å². The Morgan fingerprint density at radius 3 is 1.93 bits per heavy atom. The second kappa shape index (κ2) is 10.7. The maximum atomic E-state index is 12.5. The molecule has 5 N–H and O–H groups in total. The minimum absolute atomic E-state index is 0.211. The van der Waals surface area contributed by atoms with Crippen LogP contribution in [-0.2, 0) is 32.5 Å². The van der Waals surface area contributed by atoms with Gasteiger partial charge in [0.1, 0.15) is 6.04 Å². The van der Waals surface area contributed by atoms with Crippen LogP contribution >= 0.6 is 0 Å². The van der Waals surface area contributed by atoms with Gasteiger partial charge >= 0.3 is 0 Å². The van der Waals surface area contributed by atoms with Gasteiger partial charge < -0.3 is 16.4 Å². The maximum absolute atomic E-state index is 12.5. The Morgan fingerprint density at radius 1 is 0.897 bits per heavy atom. The van der Waals surface area contributed by atoms with Crippen molar-refractivity contribution in [3.05, 3.63) is 71.8 Å². The molecule has 0 saturated carbocycles. The number of rotatable bonds is 10. The number of nitrogens with two attached hydrogens (primary N) is 1. The molecule has 0 saturated heterocycles. The van der Waals surface area contributed by atoms with Gasteiger partial charge in [-0.05, 0) is 17.5 Å². The second-order valence-corrected chi connectivity index (χ2v) is 8.20. The third-order valence-corrected chi connectivity index (χ3v) is 4.93. The molecule has 2 amide bonds. The molecule has 0 aromatic heterocycles. The van der Waals surface area contributed by atoms with Crippen LogP contribution in [-0.4, -0.2) is 49.2 Å². The SMILES string of the molecule is N[C@@H](Cc1ccccc1)C(=O)N[C@@H](Cc1ccccc1)C(=O)NCCS(=O)(=O)O. The smallest absolute Gasteiger partial charge is 0.266 e. The van der Waals surface area contributed by atoms with Gasteiger partial charge in [0.25, 0.3) is 10.1 Å². The molecule has 0 aliphatic rings. The molecule has 2 aromatic carbocycles. The predicted molar refractivity (Wildman–Crippen MR) is 110 cm³/mol. The van der Waals surface area contributed by atoms with Crippen molar-refractivity contribution in [3.8, 4) is 0 Å². The molecule has 156 valence electrons. The summed E-state index contributed by atoms with van der Waals surface area (Å²) in [4.78, 5) is 25.0. The largest absolute Gasteiger partial charge is 0.353 e. The van der Waals surface area contributed by atoms with Crippen LogP contribution in [0.3, 0.4) is 0 Å². The normalized spacial score (nSPS) is 13.3. The summed E-state index contributed by atoms with van der Waals surface area (Å²) in [5.41, 5.74) is 7.71. The molecule has 2 aromatic rings. The van der Waals surface area contributed by atoms with Crippen LogP contribution in [0, 0.1) is 0 Å². The van der Waals surface area contributed by atoms with E-state index in [1.165, 1.54) is 0 Å². The summed E-state index contributed by atoms with van der Waals surface area (Å²) in [5, 5.41) is 5.06. The number of nitrogens with one attached hydrogen (secondary N) is 2. The van der Waals surface area contributed by atoms with Gasteiger partial charge in [-0.2, -0.15) is 8.42 Å². The highest BCUT2D eigenvalue weighted by Gasteiger charge is 2.24. The third-order valence-electron chi connectivity index (χ3n) is 4.21. The first-order valence-corrected chi connectivity index (χ1v) is 10.7. The predicted octanol–water partition coefficient (Wildman–Crippen LogP) is 0.288. The fraction of sp³-hybridized carbons (Fsp3) is 0.300. The van der Waals surface area contributed by atoms with E-state index < -0.39 is 39.8 Å². The summed E-state index contributed by atoms with van der Waals surface area (Å²) in [5.74, 6) is -1.66. The molecule has 0 radical (unpaired) electrons. The van der Waals surface area contributed by atoms with E-state index in [-0.39, 0.29) is 13.0 Å². The molecule has 0 bridgehead atoms. The lowest BCUT2D eigenvalue weighted by atomic mass is 10.0. The molecular formula is C20H25N3O5S. The van der Waals surface area contributed by atoms with Crippen molar-refractivity contribution in [1.29, 1.82) is 0 Å². The van der Waals surface area contributed by atoms with Gasteiger partial charge in [-0.1, -0.05) is 60.7 Å². The van der Waals surface area contributed by atoms with E-state index in [4.69, 9.17) is 10.3 Å². The molecule has 2 atom stereocenters. The van der Waals surface area contributed by atoms with E-state index in [0.29, 0.717) is 6.42 Å². The quantitative estimate of drug-likeness (QED) is 0.408. The zero-order valence-electron chi connectivity index (χ0n) is 15.8. The lowest BCUT2D eigenvalue weighted by Gasteiger charge is -2.21. The van der Waals surface area contributed by atoms with E-state index in [1.807, 2.05) is 60.7 Å². The average Bonchev–Trinajstić information content (AvgIpc) is 2.68. The first-order valence-electron chi connectivity index (χ1n) is 9.11. The van der Waals surface area contributed by atoms with Crippen LogP contribution in [0.1, 0.15) is 11.1 Å². The molecule has 9 heteroatoms. The Bertz CT molecular complexity index is 904. The lowest BCUT2D eigenvalue weighted by molar-refractivity contribution is -0.129. The van der Waals surface area contributed by atoms with Crippen LogP contribution in [0.25, 0.3) is 0 Å². The van der Waals surface area contributed by atoms with E-state index in [0.717, 1.165) is 11.1 Å². The lowest BCUT2D eigenvalue weighted by Crippen LogP contribution is -2.53. The standard InChI is InChI=1S/C20H25N3O5S/c21-17(13-15-7-3-1-4-8-15)19(24)23-18(14-16-9-5-2-6-10-16)20(25)22-11-12-29(26,27)28/h1-10,17-18H,11-14,21H2,(H,22,25)(H,23,24)(H,26,27,28)/t17-,18-/m0/s1. The van der Waals surface area contributed by atoms with Crippen LogP contribution < -0.4 is 16.4 Å². The first-order chi connectivity index (χ1) is 13.7. The molecule has 0 unspecified atom stereocenters. The zero-order chi connectivity index (χ0) is 21.3. The van der Waals surface area contributed by atoms with E-state index in [9.17, 15) is 18.0 Å². The summed E-state index contributed by atoms with van der Waals surface area (Å²) >= 11 is 0. The number of hydrogen-bond acceptors (Lipinski definition) is 5. The van der Waals surface area contributed by atoms with Gasteiger partial charge in [-0.25, -0.2) is 0 Å². The summed E-state index contributed by atoms with van der Waals surface area (Å²) in [6.45, 7) is -0.269. The molecule has 2 rings (SSSR count). The Kier molecular flexibility index (Phi) is 8.32. The van der Waals surface area contributed by atoms with Crippen molar-refractivity contribution in [1.82, 2.24) is 10.6 Å². The van der Waals surface area contributed by atoms with Crippen molar-refractivity contribution in [2.24, 2.45) is 5.73 Å². The summed E-state index contributed by atoms with van der Waals surface area (Å²) in [7, 11) is -4.20. The molecule has 0 aliphatic heterocycles. The zero-order valence-corrected chi connectivity index (χ0v) is 16.6. The van der Waals surface area contributed by atoms with Crippen LogP contribution in [0.15, 0.2) is 60.7 Å². The van der Waals surface area contributed by atoms with Crippen molar-refractivity contribution in [3.63, 3.8) is 0 Å². The Hall–Kier alpha value is -2.75. The Morgan fingerprint density at radius 2 is 1.41 bits per heavy atom. The topological polar surface area (TPSA) is 139 Å². The fourth-order valence-corrected chi connectivity index (χ4v) is 3.08. The number of carbonyl (C=O) groups excluding carboxylic acids is 2. The van der Waals surface area contributed by atoms with E-state index in [2.05, 4.69) is 10.6 Å². The highest BCUT2D eigenvalue weighted by molar-refractivity contribution is 7.85. The fourth-order valence-electron chi connectivity index (χ4n) is 2.72. The molecular weight excluding hydrogens is 394 g/mol. The molecule has 0 fully saturated rings. The van der Waals surface area contributed by atoms with Crippen LogP contribution in [0.5, 0.6) is 0 Å². The Balaban J connectivity index is 2.03. The van der Waals surface area contributed by atoms with Crippen molar-refractivity contribution in [2.45, 2.75) is 24.9 Å². The second-order valence-electron chi connectivity index (χ2n) is 6.62. The molecule has 0 spiro atoms. The summed E-state index contributed by atoms with van der Waals surface area (Å²) in [6, 6.07) is 16.6. The number of amides is 2. The molecule has 8 nitrogen and oxygen atoms in total. The third kappa shape index (κ3) is 8.43. The van der Waals surface area contributed by atoms with Crippen molar-refractivity contribution >= 4 is 21.9 Å². The van der Waals surface area contributed by atoms with Crippen LogP contribution in [0.4, 0.5) is 0 Å². The van der Waals surface area contributed by atoms with Crippen molar-refractivity contribution < 1.29 is 22.6 Å². The van der Waals surface area contributed by atoms with Gasteiger partial charge in [0.05, 0.1) is 11.8 Å². The molecule has 0 heterocycles. The highest BCUT2D eigenvalue weighted by Crippen LogP contribution is 2.06. The number of carbonyl (C=O) groups is 2. The van der Waals surface area contributed by atoms with Gasteiger partial charge in [0.15, 0.2) is 0 Å². The van der Waals surface area contributed by atoms with Crippen LogP contribution in [0.2, 0.25) is 0 Å². The minimum Gasteiger partial charge on any atom is -0.353 e. The number of hydrogen-bond donors (Lipinski definition) is 4. The van der Waals surface area contributed by atoms with E-state index in [1.54, 1.807) is 0 Å². The molecule has 29 heavy (non-hydrogen) atoms. The van der Waals surface area contributed by atoms with Gasteiger partial charge in [-0.15, -0.1) is 0 Å². The average molecular weight is 420 g/mol. The van der Waals surface area contributed by atoms with Gasteiger partial charge in [0, 0.05) is 13.0 Å².